The van der Waals surface area contributed by atoms with Crippen LogP contribution in [0.15, 0.2) is 4.21 Å². The minimum absolute atomic E-state index is 0.0303. The summed E-state index contributed by atoms with van der Waals surface area (Å²) < 4.78 is 32.6. The molecule has 2 rings (SSSR count). The summed E-state index contributed by atoms with van der Waals surface area (Å²) in [5.74, 6) is 0. The second-order valence-electron chi connectivity index (χ2n) is 4.18. The normalized spacial score (nSPS) is 21.1. The fraction of sp³-hybridized carbons (Fsp3) is 0.700. The van der Waals surface area contributed by atoms with Gasteiger partial charge in [-0.2, -0.15) is 0 Å². The molecule has 8 heteroatoms. The average Bonchev–Trinajstić information content (AvgIpc) is 2.68. The van der Waals surface area contributed by atoms with E-state index >= 15 is 0 Å². The Bertz CT molecular complexity index is 509. The SMILES string of the molecule is Cc1nc(Cl)sc1S(=O)(=O)NCC1CCCCO1. The molecule has 1 unspecified atom stereocenters. The predicted octanol–water partition coefficient (Wildman–Crippen LogP) is 1.95. The number of ether oxygens (including phenoxy) is 1. The van der Waals surface area contributed by atoms with Crippen LogP contribution in [0.5, 0.6) is 0 Å². The van der Waals surface area contributed by atoms with E-state index in [-0.39, 0.29) is 14.8 Å². The molecule has 0 bridgehead atoms. The first kappa shape index (κ1) is 14.2. The summed E-state index contributed by atoms with van der Waals surface area (Å²) in [5.41, 5.74) is 0.432. The third-order valence-electron chi connectivity index (χ3n) is 2.75. The van der Waals surface area contributed by atoms with E-state index in [1.165, 1.54) is 0 Å². The van der Waals surface area contributed by atoms with Crippen LogP contribution in [0, 0.1) is 6.92 Å². The summed E-state index contributed by atoms with van der Waals surface area (Å²) in [6.45, 7) is 2.64. The second-order valence-corrected chi connectivity index (χ2v) is 7.72. The molecule has 1 aliphatic rings. The van der Waals surface area contributed by atoms with Crippen molar-refractivity contribution < 1.29 is 13.2 Å². The molecule has 0 spiro atoms. The lowest BCUT2D eigenvalue weighted by Gasteiger charge is -2.22. The highest BCUT2D eigenvalue weighted by Gasteiger charge is 2.23. The maximum absolute atomic E-state index is 12.1. The number of nitrogens with one attached hydrogen (secondary N) is 1. The van der Waals surface area contributed by atoms with Crippen LogP contribution < -0.4 is 4.72 Å². The van der Waals surface area contributed by atoms with Crippen LogP contribution in [0.1, 0.15) is 25.0 Å². The average molecular weight is 311 g/mol. The van der Waals surface area contributed by atoms with Gasteiger partial charge in [0, 0.05) is 13.2 Å². The van der Waals surface area contributed by atoms with Gasteiger partial charge in [-0.25, -0.2) is 18.1 Å². The molecule has 1 fully saturated rings. The number of aryl methyl sites for hydroxylation is 1. The fourth-order valence-electron chi connectivity index (χ4n) is 1.84. The summed E-state index contributed by atoms with van der Waals surface area (Å²) in [6.07, 6.45) is 2.99. The molecule has 2 heterocycles. The highest BCUT2D eigenvalue weighted by molar-refractivity contribution is 7.91. The van der Waals surface area contributed by atoms with Gasteiger partial charge >= 0.3 is 0 Å². The van der Waals surface area contributed by atoms with Gasteiger partial charge in [0.25, 0.3) is 10.0 Å². The first-order chi connectivity index (χ1) is 8.49. The van der Waals surface area contributed by atoms with E-state index in [9.17, 15) is 8.42 Å². The molecule has 102 valence electrons. The van der Waals surface area contributed by atoms with Crippen molar-refractivity contribution in [2.24, 2.45) is 0 Å². The Balaban J connectivity index is 2.01. The topological polar surface area (TPSA) is 68.3 Å². The first-order valence-electron chi connectivity index (χ1n) is 5.73. The monoisotopic (exact) mass is 310 g/mol. The molecule has 0 amide bonds. The molecule has 0 aliphatic carbocycles. The van der Waals surface area contributed by atoms with E-state index in [1.807, 2.05) is 0 Å². The van der Waals surface area contributed by atoms with Crippen LogP contribution >= 0.6 is 22.9 Å². The molecule has 1 atom stereocenters. The van der Waals surface area contributed by atoms with Crippen LogP contribution in [0.4, 0.5) is 0 Å². The summed E-state index contributed by atoms with van der Waals surface area (Å²) in [7, 11) is -3.53. The summed E-state index contributed by atoms with van der Waals surface area (Å²) in [6, 6.07) is 0. The summed E-state index contributed by atoms with van der Waals surface area (Å²) in [4.78, 5) is 3.91. The molecule has 1 saturated heterocycles. The second kappa shape index (κ2) is 5.83. The van der Waals surface area contributed by atoms with E-state index in [1.54, 1.807) is 6.92 Å². The quantitative estimate of drug-likeness (QED) is 0.923. The number of thiazole rings is 1. The Morgan fingerprint density at radius 1 is 1.56 bits per heavy atom. The molecule has 0 aromatic carbocycles. The zero-order chi connectivity index (χ0) is 13.2. The van der Waals surface area contributed by atoms with Gasteiger partial charge in [0.1, 0.15) is 0 Å². The van der Waals surface area contributed by atoms with Gasteiger partial charge in [0.05, 0.1) is 11.8 Å². The molecule has 18 heavy (non-hydrogen) atoms. The Morgan fingerprint density at radius 3 is 2.89 bits per heavy atom. The Labute approximate surface area is 116 Å². The molecule has 0 radical (unpaired) electrons. The van der Waals surface area contributed by atoms with Crippen LogP contribution in [0.25, 0.3) is 0 Å². The Kier molecular flexibility index (Phi) is 4.60. The van der Waals surface area contributed by atoms with Crippen molar-refractivity contribution in [3.05, 3.63) is 10.2 Å². The van der Waals surface area contributed by atoms with Crippen LogP contribution in [0.2, 0.25) is 4.47 Å². The number of aromatic nitrogens is 1. The zero-order valence-corrected chi connectivity index (χ0v) is 12.4. The van der Waals surface area contributed by atoms with Crippen molar-refractivity contribution in [1.29, 1.82) is 0 Å². The highest BCUT2D eigenvalue weighted by Crippen LogP contribution is 2.26. The molecular weight excluding hydrogens is 296 g/mol. The number of halogens is 1. The number of nitrogens with zero attached hydrogens (tertiary/aromatic N) is 1. The molecule has 1 aromatic heterocycles. The number of sulfonamides is 1. The lowest BCUT2D eigenvalue weighted by Crippen LogP contribution is -2.35. The minimum Gasteiger partial charge on any atom is -0.377 e. The van der Waals surface area contributed by atoms with Gasteiger partial charge in [-0.3, -0.25) is 0 Å². The fourth-order valence-corrected chi connectivity index (χ4v) is 4.68. The number of rotatable bonds is 4. The van der Waals surface area contributed by atoms with E-state index < -0.39 is 10.0 Å². The van der Waals surface area contributed by atoms with E-state index in [2.05, 4.69) is 9.71 Å². The van der Waals surface area contributed by atoms with Crippen molar-refractivity contribution in [2.45, 2.75) is 36.5 Å². The third-order valence-corrected chi connectivity index (χ3v) is 6.04. The van der Waals surface area contributed by atoms with E-state index in [0.717, 1.165) is 30.6 Å². The maximum atomic E-state index is 12.1. The molecule has 1 N–H and O–H groups in total. The van der Waals surface area contributed by atoms with E-state index in [0.29, 0.717) is 18.8 Å². The number of hydrogen-bond donors (Lipinski definition) is 1. The molecule has 5 nitrogen and oxygen atoms in total. The molecule has 1 aliphatic heterocycles. The van der Waals surface area contributed by atoms with Crippen LogP contribution in [-0.2, 0) is 14.8 Å². The standard InChI is InChI=1S/C10H15ClN2O3S2/c1-7-9(17-10(11)13-7)18(14,15)12-6-8-4-2-3-5-16-8/h8,12H,2-6H2,1H3. The van der Waals surface area contributed by atoms with Gasteiger partial charge in [-0.05, 0) is 26.2 Å². The van der Waals surface area contributed by atoms with Crippen LogP contribution in [0.3, 0.4) is 0 Å². The van der Waals surface area contributed by atoms with E-state index in [4.69, 9.17) is 16.3 Å². The van der Waals surface area contributed by atoms with Gasteiger partial charge < -0.3 is 4.74 Å². The lowest BCUT2D eigenvalue weighted by molar-refractivity contribution is 0.0200. The molecule has 1 aromatic rings. The lowest BCUT2D eigenvalue weighted by atomic mass is 10.1. The van der Waals surface area contributed by atoms with Crippen molar-refractivity contribution in [1.82, 2.24) is 9.71 Å². The summed E-state index contributed by atoms with van der Waals surface area (Å²) in [5, 5.41) is 0. The summed E-state index contributed by atoms with van der Waals surface area (Å²) >= 11 is 6.68. The minimum atomic E-state index is -3.53. The number of hydrogen-bond acceptors (Lipinski definition) is 5. The molecule has 0 saturated carbocycles. The first-order valence-corrected chi connectivity index (χ1v) is 8.41. The van der Waals surface area contributed by atoms with Crippen molar-refractivity contribution in [2.75, 3.05) is 13.2 Å². The van der Waals surface area contributed by atoms with Gasteiger partial charge in [0.15, 0.2) is 8.68 Å². The Hall–Kier alpha value is -0.210. The smallest absolute Gasteiger partial charge is 0.252 e. The Morgan fingerprint density at radius 2 is 2.33 bits per heavy atom. The maximum Gasteiger partial charge on any atom is 0.252 e. The predicted molar refractivity (Wildman–Crippen MR) is 70.6 cm³/mol. The van der Waals surface area contributed by atoms with Crippen LogP contribution in [-0.4, -0.2) is 32.7 Å². The third kappa shape index (κ3) is 3.42. The molecular formula is C10H15ClN2O3S2. The van der Waals surface area contributed by atoms with Crippen molar-refractivity contribution in [3.63, 3.8) is 0 Å². The van der Waals surface area contributed by atoms with Crippen molar-refractivity contribution >= 4 is 33.0 Å². The van der Waals surface area contributed by atoms with Crippen molar-refractivity contribution in [3.8, 4) is 0 Å². The highest BCUT2D eigenvalue weighted by atomic mass is 35.5. The zero-order valence-electron chi connectivity index (χ0n) is 9.98. The largest absolute Gasteiger partial charge is 0.377 e. The van der Waals surface area contributed by atoms with Gasteiger partial charge in [0.2, 0.25) is 0 Å². The van der Waals surface area contributed by atoms with Gasteiger partial charge in [-0.1, -0.05) is 22.9 Å². The van der Waals surface area contributed by atoms with Gasteiger partial charge in [-0.15, -0.1) is 0 Å².